The topological polar surface area (TPSA) is 15.3 Å². The summed E-state index contributed by atoms with van der Waals surface area (Å²) in [6, 6.07) is 17.2. The molecule has 0 aromatic heterocycles. The molecule has 1 N–H and O–H groups in total. The predicted octanol–water partition coefficient (Wildman–Crippen LogP) is 6.07. The molecule has 2 aromatic carbocycles. The molecule has 0 aliphatic carbocycles. The molecule has 0 bridgehead atoms. The second kappa shape index (κ2) is 11.6. The van der Waals surface area contributed by atoms with Gasteiger partial charge in [0.25, 0.3) is 0 Å². The first-order chi connectivity index (χ1) is 12.8. The van der Waals surface area contributed by atoms with Gasteiger partial charge in [0.2, 0.25) is 0 Å². The second-order valence-electron chi connectivity index (χ2n) is 8.10. The third kappa shape index (κ3) is 9.13. The van der Waals surface area contributed by atoms with Gasteiger partial charge in [-0.3, -0.25) is 4.90 Å². The fourth-order valence-corrected chi connectivity index (χ4v) is 2.71. The third-order valence-corrected chi connectivity index (χ3v) is 4.19. The van der Waals surface area contributed by atoms with Crippen molar-refractivity contribution in [3.63, 3.8) is 0 Å². The minimum absolute atomic E-state index is 0. The van der Waals surface area contributed by atoms with Crippen LogP contribution in [0.5, 0.6) is 0 Å². The third-order valence-electron chi connectivity index (χ3n) is 4.19. The molecule has 2 nitrogen and oxygen atoms in total. The van der Waals surface area contributed by atoms with E-state index in [4.69, 9.17) is 0 Å². The Balaban J connectivity index is 0.00000392. The van der Waals surface area contributed by atoms with E-state index in [1.165, 1.54) is 16.7 Å². The van der Waals surface area contributed by atoms with E-state index in [0.717, 1.165) is 25.3 Å². The molecule has 0 radical (unpaired) electrons. The number of allylic oxidation sites excluding steroid dienone is 1. The highest BCUT2D eigenvalue weighted by atomic mass is 35.5. The van der Waals surface area contributed by atoms with E-state index < -0.39 is 0 Å². The van der Waals surface area contributed by atoms with Crippen LogP contribution in [0, 0.1) is 24.2 Å². The van der Waals surface area contributed by atoms with E-state index in [1.54, 1.807) is 0 Å². The van der Waals surface area contributed by atoms with Crippen molar-refractivity contribution in [2.45, 2.75) is 40.8 Å². The molecular formula is C25H33ClN2. The zero-order valence-corrected chi connectivity index (χ0v) is 18.6. The summed E-state index contributed by atoms with van der Waals surface area (Å²) in [6.07, 6.45) is 4.08. The maximum Gasteiger partial charge on any atom is 0.0403 e. The van der Waals surface area contributed by atoms with Crippen LogP contribution in [0.1, 0.15) is 37.5 Å². The smallest absolute Gasteiger partial charge is 0.0403 e. The fraction of sp³-hybridized carbons (Fsp3) is 0.360. The Hall–Kier alpha value is -2.21. The number of aryl methyl sites for hydroxylation is 1. The lowest BCUT2D eigenvalue weighted by molar-refractivity contribution is 0.363. The molecule has 0 atom stereocenters. The van der Waals surface area contributed by atoms with Crippen molar-refractivity contribution in [1.29, 1.82) is 0 Å². The van der Waals surface area contributed by atoms with Gasteiger partial charge in [-0.1, -0.05) is 54.3 Å². The number of likely N-dealkylation sites (N-methyl/N-ethyl adjacent to an activating group) is 1. The molecule has 2 aromatic rings. The first-order valence-electron chi connectivity index (χ1n) is 9.57. The lowest BCUT2D eigenvalue weighted by atomic mass is 9.98. The summed E-state index contributed by atoms with van der Waals surface area (Å²) in [5.41, 5.74) is 5.18. The minimum Gasteiger partial charge on any atom is -0.381 e. The SMILES string of the molecule is Cc1ccccc1CNc1cccc(CN(C)C/C=C/C#CC(C)(C)C)c1.Cl. The molecule has 28 heavy (non-hydrogen) atoms. The van der Waals surface area contributed by atoms with Crippen LogP contribution in [-0.2, 0) is 13.1 Å². The van der Waals surface area contributed by atoms with Crippen LogP contribution in [0.25, 0.3) is 0 Å². The van der Waals surface area contributed by atoms with Gasteiger partial charge in [0.1, 0.15) is 0 Å². The van der Waals surface area contributed by atoms with Gasteiger partial charge in [0, 0.05) is 30.7 Å². The Morgan fingerprint density at radius 2 is 1.82 bits per heavy atom. The summed E-state index contributed by atoms with van der Waals surface area (Å²) < 4.78 is 0. The van der Waals surface area contributed by atoms with Gasteiger partial charge in [0.05, 0.1) is 0 Å². The van der Waals surface area contributed by atoms with Crippen LogP contribution in [-0.4, -0.2) is 18.5 Å². The molecule has 0 saturated heterocycles. The quantitative estimate of drug-likeness (QED) is 0.571. The van der Waals surface area contributed by atoms with Crippen LogP contribution in [0.2, 0.25) is 0 Å². The summed E-state index contributed by atoms with van der Waals surface area (Å²) in [5.74, 6) is 6.34. The van der Waals surface area contributed by atoms with Crippen LogP contribution in [0.15, 0.2) is 60.7 Å². The first-order valence-corrected chi connectivity index (χ1v) is 9.57. The van der Waals surface area contributed by atoms with Gasteiger partial charge in [-0.15, -0.1) is 12.4 Å². The van der Waals surface area contributed by atoms with E-state index in [-0.39, 0.29) is 17.8 Å². The molecule has 3 heteroatoms. The number of benzene rings is 2. The minimum atomic E-state index is 0. The number of nitrogens with one attached hydrogen (secondary N) is 1. The number of halogens is 1. The molecule has 0 fully saturated rings. The van der Waals surface area contributed by atoms with Gasteiger partial charge < -0.3 is 5.32 Å². The van der Waals surface area contributed by atoms with Crippen molar-refractivity contribution in [1.82, 2.24) is 4.90 Å². The van der Waals surface area contributed by atoms with E-state index in [1.807, 2.05) is 6.08 Å². The van der Waals surface area contributed by atoms with Crippen molar-refractivity contribution < 1.29 is 0 Å². The highest BCUT2D eigenvalue weighted by molar-refractivity contribution is 5.85. The van der Waals surface area contributed by atoms with Gasteiger partial charge in [-0.25, -0.2) is 0 Å². The number of hydrogen-bond donors (Lipinski definition) is 1. The Morgan fingerprint density at radius 3 is 2.54 bits per heavy atom. The van der Waals surface area contributed by atoms with Gasteiger partial charge >= 0.3 is 0 Å². The second-order valence-corrected chi connectivity index (χ2v) is 8.10. The molecule has 0 heterocycles. The Kier molecular flexibility index (Phi) is 9.87. The molecular weight excluding hydrogens is 364 g/mol. The van der Waals surface area contributed by atoms with Crippen molar-refractivity contribution in [2.24, 2.45) is 5.41 Å². The largest absolute Gasteiger partial charge is 0.381 e. The van der Waals surface area contributed by atoms with Gasteiger partial charge in [-0.2, -0.15) is 0 Å². The Morgan fingerprint density at radius 1 is 1.07 bits per heavy atom. The van der Waals surface area contributed by atoms with E-state index in [0.29, 0.717) is 0 Å². The number of rotatable bonds is 7. The lowest BCUT2D eigenvalue weighted by Gasteiger charge is -2.15. The summed E-state index contributed by atoms with van der Waals surface area (Å²) >= 11 is 0. The number of nitrogens with zero attached hydrogens (tertiary/aromatic N) is 1. The molecule has 0 aliphatic rings. The van der Waals surface area contributed by atoms with Crippen LogP contribution < -0.4 is 5.32 Å². The molecule has 0 unspecified atom stereocenters. The number of anilines is 1. The first kappa shape index (κ1) is 23.8. The zero-order chi connectivity index (χ0) is 19.7. The molecule has 0 aliphatic heterocycles. The Bertz CT molecular complexity index is 822. The fourth-order valence-electron chi connectivity index (χ4n) is 2.71. The lowest BCUT2D eigenvalue weighted by Crippen LogP contribution is -2.17. The predicted molar refractivity (Wildman–Crippen MR) is 125 cm³/mol. The summed E-state index contributed by atoms with van der Waals surface area (Å²) in [4.78, 5) is 2.29. The van der Waals surface area contributed by atoms with Crippen LogP contribution in [0.4, 0.5) is 5.69 Å². The van der Waals surface area contributed by atoms with E-state index >= 15 is 0 Å². The van der Waals surface area contributed by atoms with E-state index in [2.05, 4.69) is 111 Å². The van der Waals surface area contributed by atoms with Crippen LogP contribution in [0.3, 0.4) is 0 Å². The zero-order valence-electron chi connectivity index (χ0n) is 17.8. The average Bonchev–Trinajstić information content (AvgIpc) is 2.60. The average molecular weight is 397 g/mol. The van der Waals surface area contributed by atoms with E-state index in [9.17, 15) is 0 Å². The van der Waals surface area contributed by atoms with Crippen molar-refractivity contribution in [3.8, 4) is 11.8 Å². The number of hydrogen-bond acceptors (Lipinski definition) is 2. The normalized spacial score (nSPS) is 11.1. The highest BCUT2D eigenvalue weighted by Gasteiger charge is 2.03. The molecule has 0 saturated carbocycles. The molecule has 2 rings (SSSR count). The maximum atomic E-state index is 3.54. The van der Waals surface area contributed by atoms with Gasteiger partial charge in [-0.05, 0) is 69.6 Å². The summed E-state index contributed by atoms with van der Waals surface area (Å²) in [5, 5.41) is 3.54. The summed E-state index contributed by atoms with van der Waals surface area (Å²) in [7, 11) is 2.13. The monoisotopic (exact) mass is 396 g/mol. The highest BCUT2D eigenvalue weighted by Crippen LogP contribution is 2.15. The van der Waals surface area contributed by atoms with Crippen molar-refractivity contribution >= 4 is 18.1 Å². The molecule has 150 valence electrons. The molecule has 0 amide bonds. The Labute approximate surface area is 177 Å². The molecule has 0 spiro atoms. The standard InChI is InChI=1S/C25H32N2.ClH/c1-21-12-7-8-14-23(21)19-26-24-15-11-13-22(18-24)20-27(5)17-10-6-9-16-25(2,3)4;/h6-8,10-15,18,26H,17,19-20H2,1-5H3;1H/b10-6+;. The van der Waals surface area contributed by atoms with Crippen LogP contribution >= 0.6 is 12.4 Å². The summed E-state index contributed by atoms with van der Waals surface area (Å²) in [6.45, 7) is 11.2. The van der Waals surface area contributed by atoms with Gasteiger partial charge in [0.15, 0.2) is 0 Å². The maximum absolute atomic E-state index is 3.54. The van der Waals surface area contributed by atoms with Crippen molar-refractivity contribution in [2.75, 3.05) is 18.9 Å². The van der Waals surface area contributed by atoms with Crippen molar-refractivity contribution in [3.05, 3.63) is 77.4 Å².